The zero-order valence-corrected chi connectivity index (χ0v) is 13.3. The third-order valence-electron chi connectivity index (χ3n) is 5.45. The summed E-state index contributed by atoms with van der Waals surface area (Å²) in [5, 5.41) is 3.78. The highest BCUT2D eigenvalue weighted by molar-refractivity contribution is 5.15. The van der Waals surface area contributed by atoms with Gasteiger partial charge in [-0.25, -0.2) is 0 Å². The molecule has 1 aromatic carbocycles. The van der Waals surface area contributed by atoms with Crippen molar-refractivity contribution in [3.63, 3.8) is 0 Å². The van der Waals surface area contributed by atoms with Gasteiger partial charge >= 0.3 is 0 Å². The molecule has 1 aromatic rings. The molecule has 3 N–H and O–H groups in total. The SMILES string of the molecule is CC(N)C(C)NC1CCC2CN(Cc3ccccc3)CC21. The molecule has 2 aliphatic rings. The Morgan fingerprint density at radius 1 is 1.19 bits per heavy atom. The van der Waals surface area contributed by atoms with E-state index < -0.39 is 0 Å². The van der Waals surface area contributed by atoms with Crippen molar-refractivity contribution >= 4 is 0 Å². The van der Waals surface area contributed by atoms with Crippen LogP contribution in [0.2, 0.25) is 0 Å². The first-order valence-corrected chi connectivity index (χ1v) is 8.41. The van der Waals surface area contributed by atoms with Crippen molar-refractivity contribution in [2.75, 3.05) is 13.1 Å². The van der Waals surface area contributed by atoms with Crippen molar-refractivity contribution in [1.82, 2.24) is 10.2 Å². The molecule has 3 heteroatoms. The summed E-state index contributed by atoms with van der Waals surface area (Å²) < 4.78 is 0. The van der Waals surface area contributed by atoms with Crippen molar-refractivity contribution < 1.29 is 0 Å². The van der Waals surface area contributed by atoms with E-state index in [4.69, 9.17) is 5.73 Å². The molecule has 3 rings (SSSR count). The minimum atomic E-state index is 0.228. The Morgan fingerprint density at radius 3 is 2.67 bits per heavy atom. The van der Waals surface area contributed by atoms with Gasteiger partial charge < -0.3 is 11.1 Å². The fraction of sp³-hybridized carbons (Fsp3) is 0.667. The maximum atomic E-state index is 6.01. The molecule has 116 valence electrons. The van der Waals surface area contributed by atoms with Gasteiger partial charge in [0.05, 0.1) is 0 Å². The highest BCUT2D eigenvalue weighted by atomic mass is 15.2. The van der Waals surface area contributed by atoms with E-state index in [-0.39, 0.29) is 6.04 Å². The summed E-state index contributed by atoms with van der Waals surface area (Å²) in [4.78, 5) is 2.63. The predicted molar refractivity (Wildman–Crippen MR) is 88.0 cm³/mol. The van der Waals surface area contributed by atoms with Gasteiger partial charge in [-0.15, -0.1) is 0 Å². The molecule has 0 spiro atoms. The highest BCUT2D eigenvalue weighted by Crippen LogP contribution is 2.38. The van der Waals surface area contributed by atoms with Crippen LogP contribution in [-0.2, 0) is 6.54 Å². The van der Waals surface area contributed by atoms with Crippen LogP contribution >= 0.6 is 0 Å². The highest BCUT2D eigenvalue weighted by Gasteiger charge is 2.42. The van der Waals surface area contributed by atoms with Crippen LogP contribution in [0.3, 0.4) is 0 Å². The lowest BCUT2D eigenvalue weighted by Crippen LogP contribution is -2.48. The van der Waals surface area contributed by atoms with E-state index in [1.54, 1.807) is 0 Å². The number of hydrogen-bond acceptors (Lipinski definition) is 3. The lowest BCUT2D eigenvalue weighted by atomic mass is 9.97. The van der Waals surface area contributed by atoms with E-state index in [1.165, 1.54) is 31.5 Å². The number of nitrogens with zero attached hydrogens (tertiary/aromatic N) is 1. The Balaban J connectivity index is 1.56. The van der Waals surface area contributed by atoms with E-state index >= 15 is 0 Å². The Kier molecular flexibility index (Phi) is 4.63. The number of hydrogen-bond donors (Lipinski definition) is 2. The zero-order chi connectivity index (χ0) is 14.8. The summed E-state index contributed by atoms with van der Waals surface area (Å²) in [7, 11) is 0. The topological polar surface area (TPSA) is 41.3 Å². The summed E-state index contributed by atoms with van der Waals surface area (Å²) in [6, 6.07) is 12.2. The van der Waals surface area contributed by atoms with E-state index in [2.05, 4.69) is 54.4 Å². The van der Waals surface area contributed by atoms with Gasteiger partial charge in [-0.1, -0.05) is 30.3 Å². The Bertz CT molecular complexity index is 445. The molecule has 21 heavy (non-hydrogen) atoms. The molecule has 0 radical (unpaired) electrons. The van der Waals surface area contributed by atoms with Gasteiger partial charge in [-0.05, 0) is 44.1 Å². The quantitative estimate of drug-likeness (QED) is 0.872. The Morgan fingerprint density at radius 2 is 1.95 bits per heavy atom. The molecule has 1 heterocycles. The minimum Gasteiger partial charge on any atom is -0.327 e. The molecule has 1 saturated carbocycles. The van der Waals surface area contributed by atoms with E-state index in [0.717, 1.165) is 18.4 Å². The van der Waals surface area contributed by atoms with Crippen LogP contribution in [0.15, 0.2) is 30.3 Å². The summed E-state index contributed by atoms with van der Waals surface area (Å²) >= 11 is 0. The number of nitrogens with one attached hydrogen (secondary N) is 1. The normalized spacial score (nSPS) is 32.0. The molecule has 1 aliphatic heterocycles. The minimum absolute atomic E-state index is 0.228. The lowest BCUT2D eigenvalue weighted by molar-refractivity contribution is 0.279. The second-order valence-corrected chi connectivity index (χ2v) is 7.10. The van der Waals surface area contributed by atoms with Gasteiger partial charge in [0.15, 0.2) is 0 Å². The molecular formula is C18H29N3. The first-order chi connectivity index (χ1) is 10.1. The summed E-state index contributed by atoms with van der Waals surface area (Å²) in [6.45, 7) is 7.92. The van der Waals surface area contributed by atoms with Crippen LogP contribution < -0.4 is 11.1 Å². The zero-order valence-electron chi connectivity index (χ0n) is 13.3. The summed E-state index contributed by atoms with van der Waals surface area (Å²) in [6.07, 6.45) is 2.70. The molecule has 0 amide bonds. The van der Waals surface area contributed by atoms with Gasteiger partial charge in [0.1, 0.15) is 0 Å². The van der Waals surface area contributed by atoms with E-state index in [9.17, 15) is 0 Å². The molecule has 3 nitrogen and oxygen atoms in total. The average molecular weight is 287 g/mol. The van der Waals surface area contributed by atoms with Crippen molar-refractivity contribution in [3.8, 4) is 0 Å². The van der Waals surface area contributed by atoms with Gasteiger partial charge in [0.25, 0.3) is 0 Å². The van der Waals surface area contributed by atoms with Crippen molar-refractivity contribution in [3.05, 3.63) is 35.9 Å². The summed E-state index contributed by atoms with van der Waals surface area (Å²) in [5.74, 6) is 1.70. The third kappa shape index (κ3) is 3.47. The maximum absolute atomic E-state index is 6.01. The van der Waals surface area contributed by atoms with Crippen molar-refractivity contribution in [1.29, 1.82) is 0 Å². The molecular weight excluding hydrogens is 258 g/mol. The fourth-order valence-corrected chi connectivity index (χ4v) is 4.02. The molecule has 1 aliphatic carbocycles. The van der Waals surface area contributed by atoms with Crippen LogP contribution in [0.1, 0.15) is 32.3 Å². The Hall–Kier alpha value is -0.900. The smallest absolute Gasteiger partial charge is 0.0233 e. The number of fused-ring (bicyclic) bond motifs is 1. The molecule has 1 saturated heterocycles. The second-order valence-electron chi connectivity index (χ2n) is 7.10. The van der Waals surface area contributed by atoms with Crippen molar-refractivity contribution in [2.45, 2.75) is 51.4 Å². The van der Waals surface area contributed by atoms with Crippen LogP contribution in [0.5, 0.6) is 0 Å². The number of benzene rings is 1. The Labute approximate surface area is 128 Å². The monoisotopic (exact) mass is 287 g/mol. The standard InChI is InChI=1S/C18H29N3/c1-13(19)14(2)20-18-9-8-16-11-21(12-17(16)18)10-15-6-4-3-5-7-15/h3-7,13-14,16-18,20H,8-12,19H2,1-2H3. The van der Waals surface area contributed by atoms with Crippen LogP contribution in [0.25, 0.3) is 0 Å². The molecule has 5 atom stereocenters. The van der Waals surface area contributed by atoms with E-state index in [1.807, 2.05) is 0 Å². The molecule has 2 fully saturated rings. The van der Waals surface area contributed by atoms with Gasteiger partial charge in [0, 0.05) is 37.8 Å². The summed E-state index contributed by atoms with van der Waals surface area (Å²) in [5.41, 5.74) is 7.44. The van der Waals surface area contributed by atoms with E-state index in [0.29, 0.717) is 12.1 Å². The molecule has 5 unspecified atom stereocenters. The van der Waals surface area contributed by atoms with Gasteiger partial charge in [-0.3, -0.25) is 4.90 Å². The number of nitrogens with two attached hydrogens (primary N) is 1. The maximum Gasteiger partial charge on any atom is 0.0233 e. The van der Waals surface area contributed by atoms with Crippen molar-refractivity contribution in [2.24, 2.45) is 17.6 Å². The molecule has 0 aromatic heterocycles. The lowest BCUT2D eigenvalue weighted by Gasteiger charge is -2.27. The third-order valence-corrected chi connectivity index (χ3v) is 5.45. The van der Waals surface area contributed by atoms with Gasteiger partial charge in [0.2, 0.25) is 0 Å². The molecule has 0 bridgehead atoms. The number of likely N-dealkylation sites (tertiary alicyclic amines) is 1. The fourth-order valence-electron chi connectivity index (χ4n) is 4.02. The second kappa shape index (κ2) is 6.47. The first-order valence-electron chi connectivity index (χ1n) is 8.41. The predicted octanol–water partition coefficient (Wildman–Crippen LogP) is 2.22. The van der Waals surface area contributed by atoms with Crippen LogP contribution in [-0.4, -0.2) is 36.1 Å². The first kappa shape index (κ1) is 15.0. The number of rotatable bonds is 5. The van der Waals surface area contributed by atoms with Crippen LogP contribution in [0.4, 0.5) is 0 Å². The largest absolute Gasteiger partial charge is 0.327 e. The average Bonchev–Trinajstić information content (AvgIpc) is 3.01. The van der Waals surface area contributed by atoms with Crippen LogP contribution in [0, 0.1) is 11.8 Å². The van der Waals surface area contributed by atoms with Gasteiger partial charge in [-0.2, -0.15) is 0 Å².